The van der Waals surface area contributed by atoms with Crippen LogP contribution in [0, 0.1) is 0 Å². The molecular weight excluding hydrogens is 242 g/mol. The van der Waals surface area contributed by atoms with Gasteiger partial charge in [0.05, 0.1) is 5.52 Å². The molecule has 0 saturated heterocycles. The summed E-state index contributed by atoms with van der Waals surface area (Å²) < 4.78 is 0. The predicted molar refractivity (Wildman–Crippen MR) is 72.5 cm³/mol. The molecule has 1 fully saturated rings. The number of carbonyl (C=O) groups is 1. The molecule has 5 heteroatoms. The summed E-state index contributed by atoms with van der Waals surface area (Å²) in [5, 5.41) is 10.0. The highest BCUT2D eigenvalue weighted by atomic mass is 16.4. The third-order valence-electron chi connectivity index (χ3n) is 3.73. The van der Waals surface area contributed by atoms with Gasteiger partial charge in [-0.25, -0.2) is 14.8 Å². The number of nitrogens with zero attached hydrogens (tertiary/aromatic N) is 3. The van der Waals surface area contributed by atoms with E-state index in [2.05, 4.69) is 14.9 Å². The molecule has 0 amide bonds. The average Bonchev–Trinajstić information content (AvgIpc) is 2.35. The maximum atomic E-state index is 11.1. The van der Waals surface area contributed by atoms with Crippen LogP contribution in [-0.2, 0) is 0 Å². The lowest BCUT2D eigenvalue weighted by Gasteiger charge is -2.36. The third-order valence-corrected chi connectivity index (χ3v) is 3.73. The van der Waals surface area contributed by atoms with E-state index in [4.69, 9.17) is 5.11 Å². The van der Waals surface area contributed by atoms with Crippen molar-refractivity contribution in [2.24, 2.45) is 0 Å². The third kappa shape index (κ3) is 2.01. The van der Waals surface area contributed by atoms with Crippen molar-refractivity contribution in [2.75, 3.05) is 11.9 Å². The van der Waals surface area contributed by atoms with Crippen molar-refractivity contribution in [3.8, 4) is 0 Å². The molecule has 5 nitrogen and oxygen atoms in total. The quantitative estimate of drug-likeness (QED) is 0.914. The van der Waals surface area contributed by atoms with E-state index in [-0.39, 0.29) is 5.82 Å². The number of hydrogen-bond acceptors (Lipinski definition) is 4. The van der Waals surface area contributed by atoms with E-state index in [1.54, 1.807) is 0 Å². The van der Waals surface area contributed by atoms with Gasteiger partial charge in [0.15, 0.2) is 0 Å². The van der Waals surface area contributed by atoms with Gasteiger partial charge in [0, 0.05) is 18.5 Å². The molecule has 1 heterocycles. The lowest BCUT2D eigenvalue weighted by molar-refractivity contribution is 0.0684. The number of aromatic nitrogens is 2. The Hall–Kier alpha value is -2.17. The Labute approximate surface area is 110 Å². The molecule has 0 atom stereocenters. The second kappa shape index (κ2) is 4.50. The fourth-order valence-corrected chi connectivity index (χ4v) is 2.37. The van der Waals surface area contributed by atoms with E-state index in [0.717, 1.165) is 18.2 Å². The van der Waals surface area contributed by atoms with Crippen molar-refractivity contribution in [1.82, 2.24) is 9.97 Å². The van der Waals surface area contributed by atoms with Crippen molar-refractivity contribution in [2.45, 2.75) is 25.3 Å². The minimum absolute atomic E-state index is 0.139. The summed E-state index contributed by atoms with van der Waals surface area (Å²) >= 11 is 0. The molecule has 1 aliphatic rings. The lowest BCUT2D eigenvalue weighted by atomic mass is 9.92. The van der Waals surface area contributed by atoms with Crippen LogP contribution in [0.3, 0.4) is 0 Å². The van der Waals surface area contributed by atoms with Crippen molar-refractivity contribution in [3.63, 3.8) is 0 Å². The smallest absolute Gasteiger partial charge is 0.374 e. The van der Waals surface area contributed by atoms with Crippen molar-refractivity contribution in [1.29, 1.82) is 0 Å². The van der Waals surface area contributed by atoms with Gasteiger partial charge in [0.2, 0.25) is 5.82 Å². The summed E-state index contributed by atoms with van der Waals surface area (Å²) in [4.78, 5) is 21.5. The normalized spacial score (nSPS) is 15.2. The molecule has 1 aromatic heterocycles. The van der Waals surface area contributed by atoms with E-state index < -0.39 is 5.97 Å². The molecule has 1 saturated carbocycles. The Morgan fingerprint density at radius 1 is 1.32 bits per heavy atom. The molecule has 0 radical (unpaired) electrons. The molecule has 0 unspecified atom stereocenters. The maximum absolute atomic E-state index is 11.1. The van der Waals surface area contributed by atoms with E-state index in [0.29, 0.717) is 17.4 Å². The largest absolute Gasteiger partial charge is 0.475 e. The second-order valence-electron chi connectivity index (χ2n) is 4.89. The summed E-state index contributed by atoms with van der Waals surface area (Å²) in [6.45, 7) is 0. The van der Waals surface area contributed by atoms with Crippen molar-refractivity contribution >= 4 is 22.7 Å². The van der Waals surface area contributed by atoms with E-state index in [9.17, 15) is 4.79 Å². The van der Waals surface area contributed by atoms with Gasteiger partial charge >= 0.3 is 5.97 Å². The number of rotatable bonds is 3. The average molecular weight is 257 g/mol. The van der Waals surface area contributed by atoms with Gasteiger partial charge in [-0.2, -0.15) is 0 Å². The Morgan fingerprint density at radius 3 is 2.68 bits per heavy atom. The van der Waals surface area contributed by atoms with Crippen LogP contribution in [0.2, 0.25) is 0 Å². The van der Waals surface area contributed by atoms with E-state index >= 15 is 0 Å². The zero-order valence-electron chi connectivity index (χ0n) is 10.7. The van der Waals surface area contributed by atoms with Crippen LogP contribution in [0.15, 0.2) is 24.3 Å². The lowest BCUT2D eigenvalue weighted by Crippen LogP contribution is -2.38. The Morgan fingerprint density at radius 2 is 2.05 bits per heavy atom. The minimum atomic E-state index is -1.09. The fourth-order valence-electron chi connectivity index (χ4n) is 2.37. The zero-order valence-corrected chi connectivity index (χ0v) is 10.7. The summed E-state index contributed by atoms with van der Waals surface area (Å²) in [6.07, 6.45) is 3.50. The number of benzene rings is 1. The van der Waals surface area contributed by atoms with Gasteiger partial charge in [0.1, 0.15) is 5.82 Å². The topological polar surface area (TPSA) is 66.3 Å². The van der Waals surface area contributed by atoms with Gasteiger partial charge in [0.25, 0.3) is 0 Å². The molecule has 2 aromatic rings. The number of carboxylic acid groups (broad SMARTS) is 1. The first-order chi connectivity index (χ1) is 9.16. The highest BCUT2D eigenvalue weighted by molar-refractivity contribution is 5.93. The van der Waals surface area contributed by atoms with Crippen molar-refractivity contribution in [3.05, 3.63) is 30.1 Å². The number of fused-ring (bicyclic) bond motifs is 1. The van der Waals surface area contributed by atoms with Crippen LogP contribution in [-0.4, -0.2) is 34.1 Å². The monoisotopic (exact) mass is 257 g/mol. The first-order valence-corrected chi connectivity index (χ1v) is 6.40. The number of aromatic carboxylic acids is 1. The van der Waals surface area contributed by atoms with Crippen molar-refractivity contribution < 1.29 is 9.90 Å². The predicted octanol–water partition coefficient (Wildman–Crippen LogP) is 2.32. The molecule has 1 aromatic carbocycles. The maximum Gasteiger partial charge on any atom is 0.374 e. The SMILES string of the molecule is CN(c1nc(C(=O)O)nc2ccccc12)C1CCC1. The van der Waals surface area contributed by atoms with Crippen LogP contribution < -0.4 is 4.90 Å². The van der Waals surface area contributed by atoms with Gasteiger partial charge in [-0.15, -0.1) is 0 Å². The molecule has 19 heavy (non-hydrogen) atoms. The second-order valence-corrected chi connectivity index (χ2v) is 4.89. The highest BCUT2D eigenvalue weighted by Gasteiger charge is 2.25. The Kier molecular flexibility index (Phi) is 2.81. The Bertz CT molecular complexity index is 638. The summed E-state index contributed by atoms with van der Waals surface area (Å²) in [7, 11) is 1.98. The highest BCUT2D eigenvalue weighted by Crippen LogP contribution is 2.31. The van der Waals surface area contributed by atoms with Gasteiger partial charge < -0.3 is 10.0 Å². The van der Waals surface area contributed by atoms with Gasteiger partial charge in [-0.1, -0.05) is 12.1 Å². The van der Waals surface area contributed by atoms with E-state index in [1.807, 2.05) is 31.3 Å². The first kappa shape index (κ1) is 11.9. The molecule has 1 aliphatic carbocycles. The van der Waals surface area contributed by atoms with Crippen LogP contribution in [0.1, 0.15) is 29.9 Å². The number of hydrogen-bond donors (Lipinski definition) is 1. The van der Waals surface area contributed by atoms with E-state index in [1.165, 1.54) is 6.42 Å². The summed E-state index contributed by atoms with van der Waals surface area (Å²) in [5.74, 6) is -0.512. The molecule has 1 N–H and O–H groups in total. The Balaban J connectivity index is 2.16. The fraction of sp³-hybridized carbons (Fsp3) is 0.357. The summed E-state index contributed by atoms with van der Waals surface area (Å²) in [5.41, 5.74) is 0.677. The standard InChI is InChI=1S/C14H15N3O2/c1-17(9-5-4-6-9)13-10-7-2-3-8-11(10)15-12(16-13)14(18)19/h2-3,7-9H,4-6H2,1H3,(H,18,19). The molecule has 3 rings (SSSR count). The van der Waals surface area contributed by atoms with Gasteiger partial charge in [-0.05, 0) is 31.4 Å². The van der Waals surface area contributed by atoms with Gasteiger partial charge in [-0.3, -0.25) is 0 Å². The zero-order chi connectivity index (χ0) is 13.4. The van der Waals surface area contributed by atoms with Crippen LogP contribution in [0.25, 0.3) is 10.9 Å². The van der Waals surface area contributed by atoms with Crippen LogP contribution in [0.4, 0.5) is 5.82 Å². The van der Waals surface area contributed by atoms with Crippen LogP contribution >= 0.6 is 0 Å². The molecular formula is C14H15N3O2. The minimum Gasteiger partial charge on any atom is -0.475 e. The number of carboxylic acids is 1. The number of para-hydroxylation sites is 1. The summed E-state index contributed by atoms with van der Waals surface area (Å²) in [6, 6.07) is 7.99. The molecule has 0 aliphatic heterocycles. The van der Waals surface area contributed by atoms with Crippen LogP contribution in [0.5, 0.6) is 0 Å². The molecule has 0 bridgehead atoms. The molecule has 0 spiro atoms. The molecule has 98 valence electrons. The first-order valence-electron chi connectivity index (χ1n) is 6.40. The number of anilines is 1.